The molecule has 2 rings (SSSR count). The van der Waals surface area contributed by atoms with Gasteiger partial charge in [-0.05, 0) is 18.9 Å². The van der Waals surface area contributed by atoms with E-state index in [1.807, 2.05) is 0 Å². The Bertz CT molecular complexity index is 517. The SMILES string of the molecule is Nc1cc(C(=O)N(CCO)C2CCCCC2)c(F)cc1F. The van der Waals surface area contributed by atoms with E-state index in [2.05, 4.69) is 0 Å². The van der Waals surface area contributed by atoms with Crippen molar-refractivity contribution in [3.63, 3.8) is 0 Å². The van der Waals surface area contributed by atoms with Gasteiger partial charge in [-0.2, -0.15) is 0 Å². The van der Waals surface area contributed by atoms with Crippen molar-refractivity contribution < 1.29 is 18.7 Å². The summed E-state index contributed by atoms with van der Waals surface area (Å²) in [5.41, 5.74) is 4.92. The van der Waals surface area contributed by atoms with Crippen molar-refractivity contribution in [3.05, 3.63) is 29.3 Å². The normalized spacial score (nSPS) is 16.0. The second kappa shape index (κ2) is 6.85. The molecule has 1 aromatic rings. The van der Waals surface area contributed by atoms with Gasteiger partial charge < -0.3 is 15.7 Å². The van der Waals surface area contributed by atoms with E-state index in [4.69, 9.17) is 10.8 Å². The molecule has 0 aromatic heterocycles. The number of halogens is 2. The van der Waals surface area contributed by atoms with E-state index in [0.29, 0.717) is 6.07 Å². The van der Waals surface area contributed by atoms with Gasteiger partial charge in [0.05, 0.1) is 17.9 Å². The Balaban J connectivity index is 2.27. The summed E-state index contributed by atoms with van der Waals surface area (Å²) in [6.45, 7) is -0.0548. The molecule has 116 valence electrons. The van der Waals surface area contributed by atoms with Crippen molar-refractivity contribution >= 4 is 11.6 Å². The molecular weight excluding hydrogens is 278 g/mol. The average Bonchev–Trinajstić information content (AvgIpc) is 2.49. The number of nitrogens with two attached hydrogens (primary N) is 1. The van der Waals surface area contributed by atoms with E-state index >= 15 is 0 Å². The van der Waals surface area contributed by atoms with Gasteiger partial charge in [-0.15, -0.1) is 0 Å². The third-order valence-corrected chi connectivity index (χ3v) is 3.93. The number of amides is 1. The lowest BCUT2D eigenvalue weighted by Crippen LogP contribution is -2.43. The summed E-state index contributed by atoms with van der Waals surface area (Å²) in [5, 5.41) is 9.16. The fraction of sp³-hybridized carbons (Fsp3) is 0.533. The van der Waals surface area contributed by atoms with Gasteiger partial charge in [0.15, 0.2) is 0 Å². The molecule has 0 bridgehead atoms. The zero-order chi connectivity index (χ0) is 15.4. The van der Waals surface area contributed by atoms with E-state index in [-0.39, 0.29) is 30.4 Å². The van der Waals surface area contributed by atoms with Crippen LogP contribution >= 0.6 is 0 Å². The Morgan fingerprint density at radius 2 is 1.90 bits per heavy atom. The van der Waals surface area contributed by atoms with Crippen LogP contribution in [-0.2, 0) is 0 Å². The van der Waals surface area contributed by atoms with Crippen molar-refractivity contribution in [2.24, 2.45) is 0 Å². The molecule has 1 aliphatic rings. The molecule has 0 saturated heterocycles. The Kier molecular flexibility index (Phi) is 5.12. The fourth-order valence-electron chi connectivity index (χ4n) is 2.83. The number of rotatable bonds is 4. The minimum absolute atomic E-state index is 0.0101. The van der Waals surface area contributed by atoms with Crippen LogP contribution in [0, 0.1) is 11.6 Å². The minimum Gasteiger partial charge on any atom is -0.396 e. The Labute approximate surface area is 122 Å². The van der Waals surface area contributed by atoms with Crippen molar-refractivity contribution in [3.8, 4) is 0 Å². The summed E-state index contributed by atoms with van der Waals surface area (Å²) in [5.74, 6) is -2.35. The summed E-state index contributed by atoms with van der Waals surface area (Å²) < 4.78 is 27.0. The summed E-state index contributed by atoms with van der Waals surface area (Å²) in [7, 11) is 0. The quantitative estimate of drug-likeness (QED) is 0.838. The van der Waals surface area contributed by atoms with E-state index in [1.165, 1.54) is 4.90 Å². The van der Waals surface area contributed by atoms with Gasteiger partial charge in [0.1, 0.15) is 11.6 Å². The first-order chi connectivity index (χ1) is 10.0. The maximum absolute atomic E-state index is 13.8. The summed E-state index contributed by atoms with van der Waals surface area (Å²) in [4.78, 5) is 14.0. The van der Waals surface area contributed by atoms with Gasteiger partial charge in [0.25, 0.3) is 5.91 Å². The number of hydrogen-bond acceptors (Lipinski definition) is 3. The van der Waals surface area contributed by atoms with Crippen LogP contribution in [0.1, 0.15) is 42.5 Å². The number of aliphatic hydroxyl groups is 1. The highest BCUT2D eigenvalue weighted by molar-refractivity contribution is 5.95. The van der Waals surface area contributed by atoms with Crippen LogP contribution in [0.2, 0.25) is 0 Å². The number of nitrogens with zero attached hydrogens (tertiary/aromatic N) is 1. The van der Waals surface area contributed by atoms with E-state index in [9.17, 15) is 13.6 Å². The molecule has 0 radical (unpaired) electrons. The van der Waals surface area contributed by atoms with Crippen LogP contribution in [0.25, 0.3) is 0 Å². The van der Waals surface area contributed by atoms with Gasteiger partial charge in [-0.3, -0.25) is 4.79 Å². The molecule has 0 unspecified atom stereocenters. The van der Waals surface area contributed by atoms with Crippen molar-refractivity contribution in [1.29, 1.82) is 0 Å². The topological polar surface area (TPSA) is 66.6 Å². The lowest BCUT2D eigenvalue weighted by Gasteiger charge is -2.34. The van der Waals surface area contributed by atoms with Crippen molar-refractivity contribution in [1.82, 2.24) is 4.90 Å². The standard InChI is InChI=1S/C15H20F2N2O2/c16-12-9-13(17)14(18)8-11(12)15(21)19(6-7-20)10-4-2-1-3-5-10/h8-10,20H,1-7,18H2. The highest BCUT2D eigenvalue weighted by Gasteiger charge is 2.28. The Morgan fingerprint density at radius 3 is 2.52 bits per heavy atom. The number of carbonyl (C=O) groups is 1. The van der Waals surface area contributed by atoms with Crippen LogP contribution in [0.3, 0.4) is 0 Å². The highest BCUT2D eigenvalue weighted by Crippen LogP contribution is 2.25. The van der Waals surface area contributed by atoms with Gasteiger partial charge in [-0.1, -0.05) is 19.3 Å². The molecule has 0 spiro atoms. The van der Waals surface area contributed by atoms with Crippen LogP contribution in [-0.4, -0.2) is 35.1 Å². The predicted octanol–water partition coefficient (Wildman–Crippen LogP) is 2.31. The Morgan fingerprint density at radius 1 is 1.24 bits per heavy atom. The monoisotopic (exact) mass is 298 g/mol. The lowest BCUT2D eigenvalue weighted by molar-refractivity contribution is 0.0580. The van der Waals surface area contributed by atoms with Crippen LogP contribution in [0.5, 0.6) is 0 Å². The summed E-state index contributed by atoms with van der Waals surface area (Å²) in [6, 6.07) is 1.64. The molecule has 0 aliphatic heterocycles. The molecule has 21 heavy (non-hydrogen) atoms. The number of carbonyl (C=O) groups excluding carboxylic acids is 1. The second-order valence-corrected chi connectivity index (χ2v) is 5.37. The third-order valence-electron chi connectivity index (χ3n) is 3.93. The number of hydrogen-bond donors (Lipinski definition) is 2. The van der Waals surface area contributed by atoms with Gasteiger partial charge in [0, 0.05) is 18.7 Å². The molecule has 1 aromatic carbocycles. The van der Waals surface area contributed by atoms with Crippen molar-refractivity contribution in [2.45, 2.75) is 38.1 Å². The zero-order valence-electron chi connectivity index (χ0n) is 11.8. The second-order valence-electron chi connectivity index (χ2n) is 5.37. The molecule has 6 heteroatoms. The van der Waals surface area contributed by atoms with Crippen molar-refractivity contribution in [2.75, 3.05) is 18.9 Å². The number of nitrogen functional groups attached to an aromatic ring is 1. The van der Waals surface area contributed by atoms with Gasteiger partial charge in [0.2, 0.25) is 0 Å². The zero-order valence-corrected chi connectivity index (χ0v) is 11.8. The largest absolute Gasteiger partial charge is 0.396 e. The van der Waals surface area contributed by atoms with E-state index in [1.54, 1.807) is 0 Å². The summed E-state index contributed by atoms with van der Waals surface area (Å²) in [6.07, 6.45) is 4.81. The fourth-order valence-corrected chi connectivity index (χ4v) is 2.83. The molecule has 1 saturated carbocycles. The number of aliphatic hydroxyl groups excluding tert-OH is 1. The molecule has 0 atom stereocenters. The maximum atomic E-state index is 13.8. The maximum Gasteiger partial charge on any atom is 0.257 e. The Hall–Kier alpha value is -1.69. The average molecular weight is 298 g/mol. The molecule has 3 N–H and O–H groups in total. The third kappa shape index (κ3) is 3.50. The first-order valence-electron chi connectivity index (χ1n) is 7.21. The molecule has 1 aliphatic carbocycles. The number of benzene rings is 1. The first-order valence-corrected chi connectivity index (χ1v) is 7.21. The highest BCUT2D eigenvalue weighted by atomic mass is 19.1. The first kappa shape index (κ1) is 15.7. The molecule has 1 amide bonds. The van der Waals surface area contributed by atoms with E-state index < -0.39 is 17.5 Å². The molecule has 4 nitrogen and oxygen atoms in total. The van der Waals surface area contributed by atoms with Crippen LogP contribution in [0.4, 0.5) is 14.5 Å². The van der Waals surface area contributed by atoms with Gasteiger partial charge in [-0.25, -0.2) is 8.78 Å². The summed E-state index contributed by atoms with van der Waals surface area (Å²) >= 11 is 0. The minimum atomic E-state index is -0.926. The molecular formula is C15H20F2N2O2. The lowest BCUT2D eigenvalue weighted by atomic mass is 9.93. The van der Waals surface area contributed by atoms with Crippen LogP contribution < -0.4 is 5.73 Å². The predicted molar refractivity (Wildman–Crippen MR) is 75.8 cm³/mol. The smallest absolute Gasteiger partial charge is 0.257 e. The molecule has 0 heterocycles. The number of anilines is 1. The molecule has 1 fully saturated rings. The van der Waals surface area contributed by atoms with E-state index in [0.717, 1.165) is 38.2 Å². The van der Waals surface area contributed by atoms with Gasteiger partial charge >= 0.3 is 0 Å². The van der Waals surface area contributed by atoms with Crippen LogP contribution in [0.15, 0.2) is 12.1 Å².